The van der Waals surface area contributed by atoms with Gasteiger partial charge >= 0.3 is 11.9 Å². The van der Waals surface area contributed by atoms with E-state index < -0.39 is 23.6 Å². The Morgan fingerprint density at radius 1 is 0.917 bits per heavy atom. The molecular weight excluding hydrogens is 474 g/mol. The molecule has 0 amide bonds. The Morgan fingerprint density at radius 2 is 1.50 bits per heavy atom. The van der Waals surface area contributed by atoms with E-state index in [1.165, 1.54) is 7.11 Å². The molecule has 6 heteroatoms. The second-order valence-electron chi connectivity index (χ2n) is 9.18. The van der Waals surface area contributed by atoms with Crippen molar-refractivity contribution in [3.8, 4) is 0 Å². The summed E-state index contributed by atoms with van der Waals surface area (Å²) in [4.78, 5) is 31.0. The molecule has 0 N–H and O–H groups in total. The number of ether oxygens (including phenoxy) is 2. The van der Waals surface area contributed by atoms with Gasteiger partial charge in [0.15, 0.2) is 6.04 Å². The van der Waals surface area contributed by atoms with E-state index in [9.17, 15) is 9.59 Å². The van der Waals surface area contributed by atoms with Crippen LogP contribution in [-0.2, 0) is 19.1 Å². The minimum Gasteiger partial charge on any atom is -0.466 e. The molecule has 0 radical (unpaired) electrons. The summed E-state index contributed by atoms with van der Waals surface area (Å²) >= 11 is 6.13. The molecule has 3 rings (SSSR count). The number of hydrogen-bond acceptors (Lipinski definition) is 5. The average molecular weight is 504 g/mol. The van der Waals surface area contributed by atoms with Crippen LogP contribution in [0.4, 0.5) is 0 Å². The first kappa shape index (κ1) is 26.9. The van der Waals surface area contributed by atoms with Gasteiger partial charge in [0.2, 0.25) is 0 Å². The largest absolute Gasteiger partial charge is 0.466 e. The van der Waals surface area contributed by atoms with Crippen molar-refractivity contribution in [1.82, 2.24) is 0 Å². The van der Waals surface area contributed by atoms with Gasteiger partial charge in [-0.25, -0.2) is 9.59 Å². The fourth-order valence-electron chi connectivity index (χ4n) is 3.55. The molecule has 0 aliphatic heterocycles. The molecule has 186 valence electrons. The first-order valence-electron chi connectivity index (χ1n) is 11.6. The second kappa shape index (κ2) is 12.3. The summed E-state index contributed by atoms with van der Waals surface area (Å²) in [5.41, 5.74) is 2.57. The van der Waals surface area contributed by atoms with Gasteiger partial charge in [-0.15, -0.1) is 0 Å². The van der Waals surface area contributed by atoms with Crippen LogP contribution in [0, 0.1) is 0 Å². The molecule has 0 saturated carbocycles. The summed E-state index contributed by atoms with van der Waals surface area (Å²) in [6.45, 7) is 5.39. The topological polar surface area (TPSA) is 65.0 Å². The molecule has 0 saturated heterocycles. The van der Waals surface area contributed by atoms with Crippen LogP contribution in [0.25, 0.3) is 6.08 Å². The van der Waals surface area contributed by atoms with E-state index in [-0.39, 0.29) is 12.0 Å². The Labute approximate surface area is 217 Å². The first-order valence-corrected chi connectivity index (χ1v) is 12.0. The third kappa shape index (κ3) is 7.92. The maximum Gasteiger partial charge on any atom is 0.333 e. The van der Waals surface area contributed by atoms with Crippen molar-refractivity contribution in [2.24, 2.45) is 4.99 Å². The van der Waals surface area contributed by atoms with Crippen LogP contribution in [0.2, 0.25) is 5.02 Å². The highest BCUT2D eigenvalue weighted by Crippen LogP contribution is 2.22. The zero-order valence-corrected chi connectivity index (χ0v) is 21.7. The van der Waals surface area contributed by atoms with E-state index in [1.807, 2.05) is 66.7 Å². The number of hydrogen-bond donors (Lipinski definition) is 0. The number of esters is 2. The molecule has 0 spiro atoms. The third-order valence-electron chi connectivity index (χ3n) is 5.11. The predicted octanol–water partition coefficient (Wildman–Crippen LogP) is 6.53. The molecular formula is C30H30ClNO4. The van der Waals surface area contributed by atoms with E-state index in [0.717, 1.165) is 11.1 Å². The van der Waals surface area contributed by atoms with Crippen molar-refractivity contribution >= 4 is 35.3 Å². The molecule has 0 unspecified atom stereocenters. The standard InChI is InChI=1S/C30H30ClNO4/c1-30(2,3)36-29(34)26(20-24(28(33)35-4)18-21-12-11-17-25(31)19-21)32-27(22-13-7-5-8-14-22)23-15-9-6-10-16-23/h5-19,26H,20H2,1-4H3/b24-18+/t26-/m0/s1. The van der Waals surface area contributed by atoms with Gasteiger partial charge in [-0.05, 0) is 44.5 Å². The lowest BCUT2D eigenvalue weighted by atomic mass is 9.99. The number of carbonyl (C=O) groups is 2. The van der Waals surface area contributed by atoms with E-state index >= 15 is 0 Å². The van der Waals surface area contributed by atoms with Crippen LogP contribution >= 0.6 is 11.6 Å². The molecule has 0 fully saturated rings. The van der Waals surface area contributed by atoms with Gasteiger partial charge in [0.25, 0.3) is 0 Å². The average Bonchev–Trinajstić information content (AvgIpc) is 2.85. The van der Waals surface area contributed by atoms with Gasteiger partial charge in [-0.3, -0.25) is 4.99 Å². The minimum atomic E-state index is -0.996. The lowest BCUT2D eigenvalue weighted by Gasteiger charge is -2.23. The van der Waals surface area contributed by atoms with E-state index in [4.69, 9.17) is 26.1 Å². The molecule has 36 heavy (non-hydrogen) atoms. The number of benzene rings is 3. The highest BCUT2D eigenvalue weighted by Gasteiger charge is 2.29. The van der Waals surface area contributed by atoms with Gasteiger partial charge in [0, 0.05) is 28.1 Å². The molecule has 0 aliphatic rings. The number of rotatable bonds is 8. The molecule has 5 nitrogen and oxygen atoms in total. The van der Waals surface area contributed by atoms with Crippen LogP contribution in [0.3, 0.4) is 0 Å². The van der Waals surface area contributed by atoms with Crippen LogP contribution in [0.1, 0.15) is 43.9 Å². The lowest BCUT2D eigenvalue weighted by molar-refractivity contribution is -0.156. The van der Waals surface area contributed by atoms with Crippen molar-refractivity contribution in [2.75, 3.05) is 7.11 Å². The zero-order valence-electron chi connectivity index (χ0n) is 20.9. The maximum atomic E-state index is 13.4. The van der Waals surface area contributed by atoms with Gasteiger partial charge in [0.05, 0.1) is 12.8 Å². The van der Waals surface area contributed by atoms with Crippen LogP contribution in [0.5, 0.6) is 0 Å². The molecule has 3 aromatic rings. The summed E-state index contributed by atoms with van der Waals surface area (Å²) in [6, 6.07) is 25.3. The normalized spacial score (nSPS) is 12.4. The molecule has 3 aromatic carbocycles. The molecule has 1 atom stereocenters. The Hall–Kier alpha value is -3.70. The van der Waals surface area contributed by atoms with E-state index in [0.29, 0.717) is 16.3 Å². The number of carbonyl (C=O) groups excluding carboxylic acids is 2. The third-order valence-corrected chi connectivity index (χ3v) is 5.34. The van der Waals surface area contributed by atoms with Gasteiger partial charge in [-0.1, -0.05) is 84.4 Å². The summed E-state index contributed by atoms with van der Waals surface area (Å²) in [5, 5.41) is 0.533. The Balaban J connectivity index is 2.13. The Kier molecular flexibility index (Phi) is 9.20. The van der Waals surface area contributed by atoms with Gasteiger partial charge < -0.3 is 9.47 Å². The van der Waals surface area contributed by atoms with Gasteiger partial charge in [-0.2, -0.15) is 0 Å². The molecule has 0 aliphatic carbocycles. The Bertz CT molecular complexity index is 1200. The fraction of sp³-hybridized carbons (Fsp3) is 0.233. The highest BCUT2D eigenvalue weighted by atomic mass is 35.5. The van der Waals surface area contributed by atoms with Crippen LogP contribution in [-0.4, -0.2) is 36.4 Å². The highest BCUT2D eigenvalue weighted by molar-refractivity contribution is 6.30. The summed E-state index contributed by atoms with van der Waals surface area (Å²) in [7, 11) is 1.30. The SMILES string of the molecule is COC(=O)/C(=C/c1cccc(Cl)c1)C[C@H](N=C(c1ccccc1)c1ccccc1)C(=O)OC(C)(C)C. The fourth-order valence-corrected chi connectivity index (χ4v) is 3.75. The number of aliphatic imine (C=N–C) groups is 1. The summed E-state index contributed by atoms with van der Waals surface area (Å²) in [5.74, 6) is -1.09. The molecule has 0 aromatic heterocycles. The smallest absolute Gasteiger partial charge is 0.333 e. The monoisotopic (exact) mass is 503 g/mol. The van der Waals surface area contributed by atoms with Crippen LogP contribution < -0.4 is 0 Å². The van der Waals surface area contributed by atoms with Crippen LogP contribution in [0.15, 0.2) is 95.5 Å². The van der Waals surface area contributed by atoms with Gasteiger partial charge in [0.1, 0.15) is 5.60 Å². The number of halogens is 1. The molecule has 0 bridgehead atoms. The van der Waals surface area contributed by atoms with E-state index in [1.54, 1.807) is 45.0 Å². The van der Waals surface area contributed by atoms with Crippen molar-refractivity contribution < 1.29 is 19.1 Å². The lowest BCUT2D eigenvalue weighted by Crippen LogP contribution is -2.32. The first-order chi connectivity index (χ1) is 17.2. The van der Waals surface area contributed by atoms with E-state index in [2.05, 4.69) is 0 Å². The summed E-state index contributed by atoms with van der Waals surface area (Å²) < 4.78 is 10.7. The maximum absolute atomic E-state index is 13.4. The number of nitrogens with zero attached hydrogens (tertiary/aromatic N) is 1. The van der Waals surface area contributed by atoms with Crippen molar-refractivity contribution in [3.63, 3.8) is 0 Å². The molecule has 0 heterocycles. The van der Waals surface area contributed by atoms with Crippen molar-refractivity contribution in [3.05, 3.63) is 112 Å². The predicted molar refractivity (Wildman–Crippen MR) is 144 cm³/mol. The summed E-state index contributed by atoms with van der Waals surface area (Å²) in [6.07, 6.45) is 1.65. The zero-order chi connectivity index (χ0) is 26.1. The number of methoxy groups -OCH3 is 1. The second-order valence-corrected chi connectivity index (χ2v) is 9.62. The van der Waals surface area contributed by atoms with Crippen molar-refractivity contribution in [1.29, 1.82) is 0 Å². The Morgan fingerprint density at radius 3 is 2.00 bits per heavy atom. The quantitative estimate of drug-likeness (QED) is 0.199. The minimum absolute atomic E-state index is 0.0166. The van der Waals surface area contributed by atoms with Crippen molar-refractivity contribution in [2.45, 2.75) is 38.8 Å².